The number of aryl methyl sites for hydroxylation is 1. The van der Waals surface area contributed by atoms with Gasteiger partial charge >= 0.3 is 0 Å². The largest absolute Gasteiger partial charge is 0.370 e. The minimum Gasteiger partial charge on any atom is -0.370 e. The molecule has 7 nitrogen and oxygen atoms in total. The van der Waals surface area contributed by atoms with Crippen LogP contribution in [0.2, 0.25) is 0 Å². The van der Waals surface area contributed by atoms with Crippen LogP contribution in [0.4, 0.5) is 11.8 Å². The number of para-hydroxylation sites is 1. The highest BCUT2D eigenvalue weighted by atomic mass is 15.3. The van der Waals surface area contributed by atoms with Crippen molar-refractivity contribution in [2.45, 2.75) is 13.0 Å². The lowest BCUT2D eigenvalue weighted by Gasteiger charge is -2.08. The predicted molar refractivity (Wildman–Crippen MR) is 90.2 cm³/mol. The Balaban J connectivity index is 1.39. The van der Waals surface area contributed by atoms with E-state index in [-0.39, 0.29) is 0 Å². The topological polar surface area (TPSA) is 86.1 Å². The normalized spacial score (nSPS) is 11.3. The van der Waals surface area contributed by atoms with Crippen LogP contribution in [0.3, 0.4) is 0 Å². The first-order valence-corrected chi connectivity index (χ1v) is 7.55. The highest BCUT2D eigenvalue weighted by Crippen LogP contribution is 2.15. The third-order valence-corrected chi connectivity index (χ3v) is 3.88. The molecule has 23 heavy (non-hydrogen) atoms. The Morgan fingerprint density at radius 3 is 3.04 bits per heavy atom. The summed E-state index contributed by atoms with van der Waals surface area (Å²) in [6.45, 7) is 1.76. The Bertz CT molecular complexity index is 953. The van der Waals surface area contributed by atoms with Crippen LogP contribution in [0, 0.1) is 0 Å². The van der Waals surface area contributed by atoms with E-state index in [4.69, 9.17) is 5.73 Å². The van der Waals surface area contributed by atoms with Gasteiger partial charge in [0.1, 0.15) is 12.1 Å². The summed E-state index contributed by atoms with van der Waals surface area (Å²) in [5.74, 6) is 1.10. The molecule has 0 saturated heterocycles. The molecule has 3 heterocycles. The number of nitrogens with one attached hydrogen (secondary N) is 1. The van der Waals surface area contributed by atoms with Crippen LogP contribution < -0.4 is 11.1 Å². The minimum atomic E-state index is 0.381. The van der Waals surface area contributed by atoms with Crippen LogP contribution in [0.1, 0.15) is 6.42 Å². The quantitative estimate of drug-likeness (QED) is 0.552. The maximum absolute atomic E-state index is 5.87. The standard InChI is InChI=1S/C16H17N7/c17-16-20-14(10-15-21-19-11-23(15)16)18-7-3-8-22-9-6-12-4-1-2-5-13(12)22/h1-2,4-6,9-11,18H,3,7-8H2,(H2,17,20). The molecule has 7 heteroatoms. The van der Waals surface area contributed by atoms with E-state index in [1.165, 1.54) is 10.9 Å². The van der Waals surface area contributed by atoms with Crippen LogP contribution in [0.15, 0.2) is 48.9 Å². The fourth-order valence-electron chi connectivity index (χ4n) is 2.74. The van der Waals surface area contributed by atoms with Crippen LogP contribution in [0.5, 0.6) is 0 Å². The molecule has 4 aromatic rings. The van der Waals surface area contributed by atoms with Gasteiger partial charge in [-0.1, -0.05) is 18.2 Å². The number of nitrogens with zero attached hydrogens (tertiary/aromatic N) is 5. The summed E-state index contributed by atoms with van der Waals surface area (Å²) >= 11 is 0. The van der Waals surface area contributed by atoms with Crippen LogP contribution >= 0.6 is 0 Å². The molecular formula is C16H17N7. The van der Waals surface area contributed by atoms with E-state index in [0.29, 0.717) is 11.6 Å². The molecule has 0 unspecified atom stereocenters. The van der Waals surface area contributed by atoms with Crippen LogP contribution in [0.25, 0.3) is 16.6 Å². The van der Waals surface area contributed by atoms with Crippen molar-refractivity contribution in [3.8, 4) is 0 Å². The summed E-state index contributed by atoms with van der Waals surface area (Å²) in [5.41, 5.74) is 7.83. The number of benzene rings is 1. The Morgan fingerprint density at radius 2 is 2.09 bits per heavy atom. The molecule has 0 spiro atoms. The summed E-state index contributed by atoms with van der Waals surface area (Å²) in [6.07, 6.45) is 4.67. The molecule has 1 aromatic carbocycles. The zero-order valence-corrected chi connectivity index (χ0v) is 12.6. The van der Waals surface area contributed by atoms with Gasteiger partial charge in [0.05, 0.1) is 0 Å². The molecule has 0 aliphatic rings. The maximum atomic E-state index is 5.87. The van der Waals surface area contributed by atoms with Gasteiger partial charge in [0.25, 0.3) is 0 Å². The van der Waals surface area contributed by atoms with Crippen molar-refractivity contribution in [3.63, 3.8) is 0 Å². The number of hydrogen-bond donors (Lipinski definition) is 2. The molecule has 0 aliphatic heterocycles. The summed E-state index contributed by atoms with van der Waals surface area (Å²) in [4.78, 5) is 4.30. The number of fused-ring (bicyclic) bond motifs is 2. The lowest BCUT2D eigenvalue weighted by molar-refractivity contribution is 0.682. The van der Waals surface area contributed by atoms with E-state index in [0.717, 1.165) is 25.3 Å². The fraction of sp³-hybridized carbons (Fsp3) is 0.188. The second-order valence-electron chi connectivity index (χ2n) is 5.41. The van der Waals surface area contributed by atoms with Crippen molar-refractivity contribution in [3.05, 3.63) is 48.9 Å². The van der Waals surface area contributed by atoms with Crippen molar-refractivity contribution < 1.29 is 0 Å². The molecular weight excluding hydrogens is 290 g/mol. The summed E-state index contributed by atoms with van der Waals surface area (Å²) in [6, 6.07) is 12.4. The zero-order valence-electron chi connectivity index (χ0n) is 12.6. The third kappa shape index (κ3) is 2.57. The van der Waals surface area contributed by atoms with Gasteiger partial charge in [-0.05, 0) is 23.9 Å². The molecule has 0 saturated carbocycles. The molecule has 3 aromatic heterocycles. The van der Waals surface area contributed by atoms with Gasteiger partial charge in [0, 0.05) is 30.9 Å². The SMILES string of the molecule is Nc1nc(NCCCn2ccc3ccccc32)cc2nncn12. The highest BCUT2D eigenvalue weighted by molar-refractivity contribution is 5.79. The Hall–Kier alpha value is -3.09. The lowest BCUT2D eigenvalue weighted by atomic mass is 10.2. The van der Waals surface area contributed by atoms with Gasteiger partial charge < -0.3 is 15.6 Å². The Morgan fingerprint density at radius 1 is 1.17 bits per heavy atom. The summed E-state index contributed by atoms with van der Waals surface area (Å²) in [7, 11) is 0. The molecule has 0 bridgehead atoms. The highest BCUT2D eigenvalue weighted by Gasteiger charge is 2.04. The predicted octanol–water partition coefficient (Wildman–Crippen LogP) is 2.16. The number of rotatable bonds is 5. The van der Waals surface area contributed by atoms with Crippen molar-refractivity contribution in [1.82, 2.24) is 24.1 Å². The fourth-order valence-corrected chi connectivity index (χ4v) is 2.74. The van der Waals surface area contributed by atoms with E-state index in [2.05, 4.69) is 61.6 Å². The molecule has 116 valence electrons. The first-order chi connectivity index (χ1) is 11.3. The number of nitrogen functional groups attached to an aromatic ring is 1. The molecule has 0 aliphatic carbocycles. The van der Waals surface area contributed by atoms with Gasteiger partial charge in [-0.25, -0.2) is 0 Å². The van der Waals surface area contributed by atoms with E-state index >= 15 is 0 Å². The molecule has 4 rings (SSSR count). The van der Waals surface area contributed by atoms with Crippen LogP contribution in [-0.2, 0) is 6.54 Å². The average molecular weight is 307 g/mol. The summed E-state index contributed by atoms with van der Waals surface area (Å²) in [5, 5.41) is 12.4. The molecule has 0 amide bonds. The van der Waals surface area contributed by atoms with Gasteiger partial charge in [-0.15, -0.1) is 10.2 Å². The van der Waals surface area contributed by atoms with Gasteiger partial charge in [0.2, 0.25) is 5.95 Å². The van der Waals surface area contributed by atoms with Crippen molar-refractivity contribution in [2.75, 3.05) is 17.6 Å². The Kier molecular flexibility index (Phi) is 3.30. The number of anilines is 2. The minimum absolute atomic E-state index is 0.381. The number of nitrogens with two attached hydrogens (primary N) is 1. The lowest BCUT2D eigenvalue weighted by Crippen LogP contribution is -2.09. The van der Waals surface area contributed by atoms with Gasteiger partial charge in [-0.3, -0.25) is 4.40 Å². The zero-order chi connectivity index (χ0) is 15.6. The second-order valence-corrected chi connectivity index (χ2v) is 5.41. The van der Waals surface area contributed by atoms with E-state index in [9.17, 15) is 0 Å². The first-order valence-electron chi connectivity index (χ1n) is 7.55. The van der Waals surface area contributed by atoms with Crippen molar-refractivity contribution in [1.29, 1.82) is 0 Å². The average Bonchev–Trinajstić information content (AvgIpc) is 3.19. The number of aromatic nitrogens is 5. The van der Waals surface area contributed by atoms with Crippen molar-refractivity contribution in [2.24, 2.45) is 0 Å². The van der Waals surface area contributed by atoms with Gasteiger partial charge in [0.15, 0.2) is 5.65 Å². The maximum Gasteiger partial charge on any atom is 0.209 e. The first kappa shape index (κ1) is 13.6. The molecule has 3 N–H and O–H groups in total. The summed E-state index contributed by atoms with van der Waals surface area (Å²) < 4.78 is 3.91. The Labute approximate surface area is 132 Å². The third-order valence-electron chi connectivity index (χ3n) is 3.88. The van der Waals surface area contributed by atoms with E-state index in [1.807, 2.05) is 6.07 Å². The second kappa shape index (κ2) is 5.60. The smallest absolute Gasteiger partial charge is 0.209 e. The number of hydrogen-bond acceptors (Lipinski definition) is 5. The van der Waals surface area contributed by atoms with Gasteiger partial charge in [-0.2, -0.15) is 4.98 Å². The molecule has 0 radical (unpaired) electrons. The van der Waals surface area contributed by atoms with E-state index in [1.54, 1.807) is 10.7 Å². The monoisotopic (exact) mass is 307 g/mol. The molecule has 0 fully saturated rings. The molecule has 0 atom stereocenters. The van der Waals surface area contributed by atoms with Crippen molar-refractivity contribution >= 4 is 28.3 Å². The van der Waals surface area contributed by atoms with E-state index < -0.39 is 0 Å². The van der Waals surface area contributed by atoms with Crippen LogP contribution in [-0.4, -0.2) is 30.7 Å².